The fourth-order valence-corrected chi connectivity index (χ4v) is 3.37. The molecule has 0 saturated carbocycles. The van der Waals surface area contributed by atoms with Crippen LogP contribution in [0.5, 0.6) is 11.5 Å². The monoisotopic (exact) mass is 436 g/mol. The van der Waals surface area contributed by atoms with E-state index in [1.165, 1.54) is 11.0 Å². The Hall–Kier alpha value is -3.45. The van der Waals surface area contributed by atoms with Gasteiger partial charge in [-0.2, -0.15) is 0 Å². The number of carbonyl (C=O) groups excluding carboxylic acids is 2. The van der Waals surface area contributed by atoms with Crippen molar-refractivity contribution in [2.75, 3.05) is 13.2 Å². The Morgan fingerprint density at radius 1 is 1.13 bits per heavy atom. The third-order valence-corrected chi connectivity index (χ3v) is 4.88. The standard InChI is InChI=1S/C24H24N2O4S/c1-4-11-26-23(28)19(22(27)25-24(26)31)13-17-9-10-20(21(14-17)29-5-2)30-15-18-8-6-7-16(3)12-18/h4,6-10,12-14H,1,5,11,15H2,2-3H3,(H,25,27,31). The summed E-state index contributed by atoms with van der Waals surface area (Å²) in [7, 11) is 0. The van der Waals surface area contributed by atoms with Gasteiger partial charge in [-0.05, 0) is 55.4 Å². The molecule has 1 aliphatic rings. The molecule has 1 N–H and O–H groups in total. The second-order valence-corrected chi connectivity index (χ2v) is 7.33. The van der Waals surface area contributed by atoms with E-state index in [2.05, 4.69) is 18.0 Å². The average Bonchev–Trinajstić information content (AvgIpc) is 2.74. The molecule has 31 heavy (non-hydrogen) atoms. The zero-order chi connectivity index (χ0) is 22.4. The van der Waals surface area contributed by atoms with Gasteiger partial charge in [0.05, 0.1) is 6.61 Å². The van der Waals surface area contributed by atoms with Crippen molar-refractivity contribution in [3.05, 3.63) is 77.4 Å². The van der Waals surface area contributed by atoms with Crippen molar-refractivity contribution in [3.8, 4) is 11.5 Å². The number of thiocarbonyl (C=S) groups is 1. The summed E-state index contributed by atoms with van der Waals surface area (Å²) in [6.07, 6.45) is 3.06. The maximum Gasteiger partial charge on any atom is 0.265 e. The Balaban J connectivity index is 1.85. The van der Waals surface area contributed by atoms with Crippen molar-refractivity contribution in [3.63, 3.8) is 0 Å². The lowest BCUT2D eigenvalue weighted by Gasteiger charge is -2.27. The van der Waals surface area contributed by atoms with Crippen LogP contribution in [0.2, 0.25) is 0 Å². The predicted molar refractivity (Wildman–Crippen MR) is 124 cm³/mol. The molecule has 2 amide bonds. The van der Waals surface area contributed by atoms with Gasteiger partial charge < -0.3 is 9.47 Å². The average molecular weight is 437 g/mol. The lowest BCUT2D eigenvalue weighted by molar-refractivity contribution is -0.128. The van der Waals surface area contributed by atoms with Crippen LogP contribution in [0.1, 0.15) is 23.6 Å². The highest BCUT2D eigenvalue weighted by molar-refractivity contribution is 7.80. The van der Waals surface area contributed by atoms with Crippen molar-refractivity contribution >= 4 is 35.2 Å². The molecule has 3 rings (SSSR count). The van der Waals surface area contributed by atoms with E-state index in [4.69, 9.17) is 21.7 Å². The molecule has 0 aromatic heterocycles. The number of rotatable bonds is 8. The Bertz CT molecular complexity index is 1060. The molecule has 0 radical (unpaired) electrons. The van der Waals surface area contributed by atoms with Gasteiger partial charge >= 0.3 is 0 Å². The molecule has 0 spiro atoms. The summed E-state index contributed by atoms with van der Waals surface area (Å²) < 4.78 is 11.7. The van der Waals surface area contributed by atoms with Crippen molar-refractivity contribution in [1.82, 2.24) is 10.2 Å². The zero-order valence-corrected chi connectivity index (χ0v) is 18.3. The normalized spacial score (nSPS) is 15.1. The first-order valence-corrected chi connectivity index (χ1v) is 10.3. The summed E-state index contributed by atoms with van der Waals surface area (Å²) in [4.78, 5) is 26.3. The number of aryl methyl sites for hydroxylation is 1. The molecule has 2 aromatic rings. The van der Waals surface area contributed by atoms with Crippen LogP contribution in [0.4, 0.5) is 0 Å². The van der Waals surface area contributed by atoms with Crippen molar-refractivity contribution in [1.29, 1.82) is 0 Å². The lowest BCUT2D eigenvalue weighted by atomic mass is 10.1. The molecule has 2 aromatic carbocycles. The molecule has 160 valence electrons. The van der Waals surface area contributed by atoms with E-state index in [1.54, 1.807) is 24.3 Å². The van der Waals surface area contributed by atoms with Crippen LogP contribution in [-0.4, -0.2) is 35.0 Å². The Kier molecular flexibility index (Phi) is 7.20. The van der Waals surface area contributed by atoms with E-state index in [1.807, 2.05) is 32.0 Å². The molecule has 1 saturated heterocycles. The number of hydrogen-bond donors (Lipinski definition) is 1. The zero-order valence-electron chi connectivity index (χ0n) is 17.5. The second kappa shape index (κ2) is 10.0. The number of nitrogens with one attached hydrogen (secondary N) is 1. The summed E-state index contributed by atoms with van der Waals surface area (Å²) in [6, 6.07) is 13.4. The van der Waals surface area contributed by atoms with Crippen LogP contribution >= 0.6 is 12.2 Å². The molecule has 0 unspecified atom stereocenters. The summed E-state index contributed by atoms with van der Waals surface area (Å²) in [5.74, 6) is 0.116. The van der Waals surface area contributed by atoms with Gasteiger partial charge in [0.15, 0.2) is 16.6 Å². The van der Waals surface area contributed by atoms with Gasteiger partial charge in [0, 0.05) is 6.54 Å². The van der Waals surface area contributed by atoms with Gasteiger partial charge in [-0.3, -0.25) is 19.8 Å². The van der Waals surface area contributed by atoms with Gasteiger partial charge in [0.1, 0.15) is 12.2 Å². The Labute approximate surface area is 187 Å². The third kappa shape index (κ3) is 5.38. The SMILES string of the molecule is C=CCN1C(=O)C(=Cc2ccc(OCc3cccc(C)c3)c(OCC)c2)C(=O)NC1=S. The number of hydrogen-bond acceptors (Lipinski definition) is 5. The first kappa shape index (κ1) is 22.2. The maximum atomic E-state index is 12.7. The quantitative estimate of drug-likeness (QED) is 0.295. The highest BCUT2D eigenvalue weighted by Crippen LogP contribution is 2.30. The van der Waals surface area contributed by atoms with Crippen molar-refractivity contribution < 1.29 is 19.1 Å². The molecule has 0 bridgehead atoms. The highest BCUT2D eigenvalue weighted by Gasteiger charge is 2.32. The fraction of sp³-hybridized carbons (Fsp3) is 0.208. The van der Waals surface area contributed by atoms with Gasteiger partial charge in [0.25, 0.3) is 11.8 Å². The van der Waals surface area contributed by atoms with Crippen molar-refractivity contribution in [2.24, 2.45) is 0 Å². The summed E-state index contributed by atoms with van der Waals surface area (Å²) in [5.41, 5.74) is 2.84. The molecule has 7 heteroatoms. The minimum absolute atomic E-state index is 0.00803. The van der Waals surface area contributed by atoms with E-state index in [-0.39, 0.29) is 17.2 Å². The van der Waals surface area contributed by atoms with Crippen molar-refractivity contribution in [2.45, 2.75) is 20.5 Å². The fourth-order valence-electron chi connectivity index (χ4n) is 3.12. The van der Waals surface area contributed by atoms with Crippen LogP contribution in [-0.2, 0) is 16.2 Å². The van der Waals surface area contributed by atoms with Gasteiger partial charge in [0.2, 0.25) is 0 Å². The minimum atomic E-state index is -0.534. The van der Waals surface area contributed by atoms with Crippen LogP contribution in [0.15, 0.2) is 60.7 Å². The number of nitrogens with zero attached hydrogens (tertiary/aromatic N) is 1. The molecule has 1 heterocycles. The number of amides is 2. The molecular weight excluding hydrogens is 412 g/mol. The van der Waals surface area contributed by atoms with E-state index in [0.717, 1.165) is 11.1 Å². The summed E-state index contributed by atoms with van der Waals surface area (Å²) in [6.45, 7) is 8.59. The highest BCUT2D eigenvalue weighted by atomic mass is 32.1. The maximum absolute atomic E-state index is 12.7. The third-order valence-electron chi connectivity index (χ3n) is 4.55. The van der Waals surface area contributed by atoms with Crippen LogP contribution in [0.25, 0.3) is 6.08 Å². The van der Waals surface area contributed by atoms with Crippen LogP contribution in [0, 0.1) is 6.92 Å². The van der Waals surface area contributed by atoms with Crippen LogP contribution < -0.4 is 14.8 Å². The number of ether oxygens (including phenoxy) is 2. The first-order chi connectivity index (χ1) is 14.9. The summed E-state index contributed by atoms with van der Waals surface area (Å²) >= 11 is 5.08. The second-order valence-electron chi connectivity index (χ2n) is 6.94. The number of benzene rings is 2. The van der Waals surface area contributed by atoms with E-state index in [9.17, 15) is 9.59 Å². The minimum Gasteiger partial charge on any atom is -0.490 e. The van der Waals surface area contributed by atoms with E-state index >= 15 is 0 Å². The molecule has 6 nitrogen and oxygen atoms in total. The summed E-state index contributed by atoms with van der Waals surface area (Å²) in [5, 5.41) is 2.61. The largest absolute Gasteiger partial charge is 0.490 e. The smallest absolute Gasteiger partial charge is 0.265 e. The van der Waals surface area contributed by atoms with Gasteiger partial charge in [-0.15, -0.1) is 6.58 Å². The molecule has 0 aliphatic carbocycles. The Morgan fingerprint density at radius 2 is 1.94 bits per heavy atom. The first-order valence-electron chi connectivity index (χ1n) is 9.88. The topological polar surface area (TPSA) is 67.9 Å². The molecule has 1 aliphatic heterocycles. The Morgan fingerprint density at radius 3 is 2.65 bits per heavy atom. The van der Waals surface area contributed by atoms with Crippen LogP contribution in [0.3, 0.4) is 0 Å². The molecule has 0 atom stereocenters. The van der Waals surface area contributed by atoms with E-state index in [0.29, 0.717) is 30.3 Å². The molecule has 1 fully saturated rings. The van der Waals surface area contributed by atoms with Gasteiger partial charge in [-0.25, -0.2) is 0 Å². The predicted octanol–water partition coefficient (Wildman–Crippen LogP) is 3.79. The van der Waals surface area contributed by atoms with E-state index < -0.39 is 11.8 Å². The lowest BCUT2D eigenvalue weighted by Crippen LogP contribution is -2.53. The molecular formula is C24H24N2O4S. The van der Waals surface area contributed by atoms with Gasteiger partial charge in [-0.1, -0.05) is 42.0 Å². The number of carbonyl (C=O) groups is 2.